The average molecular weight is 1830 g/mol. The van der Waals surface area contributed by atoms with Gasteiger partial charge in [-0.25, -0.2) is 52.7 Å². The molecule has 0 spiro atoms. The van der Waals surface area contributed by atoms with E-state index in [2.05, 4.69) is 72.4 Å². The molecule has 6 aliphatic rings. The van der Waals surface area contributed by atoms with Gasteiger partial charge in [-0.2, -0.15) is 0 Å². The molecule has 2 N–H and O–H groups in total. The van der Waals surface area contributed by atoms with Gasteiger partial charge in [0.2, 0.25) is 0 Å². The summed E-state index contributed by atoms with van der Waals surface area (Å²) in [4.78, 5) is 124. The Bertz CT molecular complexity index is 3280. The van der Waals surface area contributed by atoms with Crippen LogP contribution >= 0.6 is 0 Å². The molecule has 0 amide bonds. The monoisotopic (exact) mass is 1830 g/mol. The van der Waals surface area contributed by atoms with Crippen LogP contribution in [0.2, 0.25) is 0 Å². The Hall–Kier alpha value is -9.13. The molecule has 33 nitrogen and oxygen atoms in total. The molecule has 0 aromatic heterocycles. The van der Waals surface area contributed by atoms with Crippen molar-refractivity contribution in [3.05, 3.63) is 136 Å². The van der Waals surface area contributed by atoms with Gasteiger partial charge in [0.1, 0.15) is 70.7 Å². The third kappa shape index (κ3) is 55.6. The predicted molar refractivity (Wildman–Crippen MR) is 476 cm³/mol. The molecule has 129 heavy (non-hydrogen) atoms. The lowest BCUT2D eigenvalue weighted by Crippen LogP contribution is -2.38. The molecule has 6 saturated carbocycles. The predicted octanol–water partition coefficient (Wildman–Crippen LogP) is 11.6. The number of ether oxygens (including phenoxy) is 20. The first-order chi connectivity index (χ1) is 61.5. The van der Waals surface area contributed by atoms with E-state index in [1.165, 1.54) is 0 Å². The second kappa shape index (κ2) is 68.9. The second-order valence-corrected chi connectivity index (χ2v) is 32.4. The van der Waals surface area contributed by atoms with Crippen molar-refractivity contribution in [3.8, 4) is 0 Å². The van der Waals surface area contributed by atoms with Crippen LogP contribution in [-0.2, 0) is 147 Å². The molecule has 6 rings (SSSR count). The number of fused-ring (bicyclic) bond motifs is 1. The van der Waals surface area contributed by atoms with Crippen molar-refractivity contribution in [2.75, 3.05) is 132 Å². The Kier molecular flexibility index (Phi) is 61.9. The van der Waals surface area contributed by atoms with E-state index in [1.807, 2.05) is 0 Å². The fourth-order valence-electron chi connectivity index (χ4n) is 13.9. The number of carbonyl (C=O) groups excluding carboxylic acids is 11. The summed E-state index contributed by atoms with van der Waals surface area (Å²) in [5.41, 5.74) is 2.46. The molecule has 6 fully saturated rings. The van der Waals surface area contributed by atoms with Crippen LogP contribution in [0.15, 0.2) is 136 Å². The molecule has 728 valence electrons. The molecular formula is C96H146O33. The molecule has 8 atom stereocenters. The standard InChI is InChI=1S/C24H36O9.2C20H32O8.C18H26O4.C14H20O4/c1-16(2)22(25)31-10-7-28-19-13-20(29-8-11-32-23(26)17(3)4)15-21(14-19)30-9-12-33-24(27)18(5)6;1-13(2)19(23)27-11-15(21)9-25-17-5-7-18(8-6-17)26-10-16(22)12-28-20(24)14(3)4;1-3-19(21)27-15-11-23-9-13-25-17-5-7-18(8-6-17)26-14-10-24-12-16-28-20(22)4-2;1-11(2)17(19)21-15-7-5-14-10-16(8-6-13(14)9-15)22-18(20)12(3)4;1-3-13(15)17-9-11-7-5-6-8-12(11)10-18-14(16)4-2/h19-21H,1,3,5,7-15H2,2,4,6H3;15-18,21-22H,1,3,5-12H2,2,4H3;3-4,17-18H,1-2,5-16H2;13-16H,1,3,5-10H2,2,4H3;3-4,11-12H,1-2,5-10H2. The normalized spacial score (nSPS) is 22.3. The van der Waals surface area contributed by atoms with Crippen LogP contribution in [0.5, 0.6) is 0 Å². The average Bonchev–Trinajstić information content (AvgIpc) is 0.819. The minimum Gasteiger partial charge on any atom is -0.462 e. The molecule has 0 aromatic rings. The Morgan fingerprint density at radius 3 is 0.791 bits per heavy atom. The number of esters is 11. The number of rotatable bonds is 53. The third-order valence-corrected chi connectivity index (χ3v) is 20.9. The molecule has 0 heterocycles. The summed E-state index contributed by atoms with van der Waals surface area (Å²) >= 11 is 0. The highest BCUT2D eigenvalue weighted by atomic mass is 16.6. The van der Waals surface area contributed by atoms with Gasteiger partial charge in [-0.3, -0.25) is 0 Å². The number of aliphatic hydroxyl groups excluding tert-OH is 2. The lowest BCUT2D eigenvalue weighted by atomic mass is 9.69. The SMILES string of the molecule is C=C(C)C(=O)OC1CCC2CC(OC(=O)C(=C)C)CCC2C1.C=C(C)C(=O)OCC(O)COC1CCC(OCC(O)COC(=O)C(=C)C)CC1.C=C(C)C(=O)OCCOC1CC(OCCOC(=O)C(=C)C)CC(OCCOC(=O)C(=C)C)C1.C=CC(=O)OCC1CCCCC1COC(=O)C=C.C=CC(=O)OCCOCCOC1CCC(OCCOCCOC(=O)C=C)CC1. The van der Waals surface area contributed by atoms with Gasteiger partial charge in [0.25, 0.3) is 0 Å². The van der Waals surface area contributed by atoms with Crippen molar-refractivity contribution >= 4 is 65.7 Å². The summed E-state index contributed by atoms with van der Waals surface area (Å²) in [7, 11) is 0. The molecule has 6 aliphatic carbocycles. The molecule has 0 saturated heterocycles. The van der Waals surface area contributed by atoms with Crippen LogP contribution in [0.3, 0.4) is 0 Å². The summed E-state index contributed by atoms with van der Waals surface area (Å²) in [6.45, 7) is 54.2. The number of aliphatic hydroxyl groups is 2. The van der Waals surface area contributed by atoms with E-state index < -0.39 is 65.9 Å². The van der Waals surface area contributed by atoms with Gasteiger partial charge in [0.05, 0.1) is 129 Å². The Morgan fingerprint density at radius 1 is 0.264 bits per heavy atom. The van der Waals surface area contributed by atoms with Gasteiger partial charge in [0.15, 0.2) is 0 Å². The first kappa shape index (κ1) is 116. The summed E-state index contributed by atoms with van der Waals surface area (Å²) in [5, 5.41) is 19.6. The van der Waals surface area contributed by atoms with Gasteiger partial charge in [-0.05, 0) is 194 Å². The largest absolute Gasteiger partial charge is 0.462 e. The highest BCUT2D eigenvalue weighted by molar-refractivity contribution is 5.90. The third-order valence-electron chi connectivity index (χ3n) is 20.9. The van der Waals surface area contributed by atoms with E-state index in [0.29, 0.717) is 112 Å². The minimum atomic E-state index is -0.880. The Balaban J connectivity index is 0.000000553. The Labute approximate surface area is 761 Å². The maximum Gasteiger partial charge on any atom is 0.333 e. The summed E-state index contributed by atoms with van der Waals surface area (Å²) in [6.07, 6.45) is 21.5. The second-order valence-electron chi connectivity index (χ2n) is 32.4. The topological polar surface area (TPSA) is 413 Å². The Morgan fingerprint density at radius 2 is 0.504 bits per heavy atom. The lowest BCUT2D eigenvalue weighted by Gasteiger charge is -2.41. The van der Waals surface area contributed by atoms with E-state index in [0.717, 1.165) is 140 Å². The van der Waals surface area contributed by atoms with Crippen LogP contribution in [0.1, 0.15) is 183 Å². The van der Waals surface area contributed by atoms with Crippen LogP contribution < -0.4 is 0 Å². The molecule has 0 aromatic carbocycles. The maximum atomic E-state index is 11.6. The highest BCUT2D eigenvalue weighted by Gasteiger charge is 2.39. The molecular weight excluding hydrogens is 1680 g/mol. The van der Waals surface area contributed by atoms with Crippen LogP contribution in [0.4, 0.5) is 0 Å². The summed E-state index contributed by atoms with van der Waals surface area (Å²) in [5.74, 6) is -3.05. The smallest absolute Gasteiger partial charge is 0.333 e. The van der Waals surface area contributed by atoms with Crippen molar-refractivity contribution in [2.24, 2.45) is 23.7 Å². The summed E-state index contributed by atoms with van der Waals surface area (Å²) in [6, 6.07) is 0. The van der Waals surface area contributed by atoms with Gasteiger partial charge in [-0.15, -0.1) is 0 Å². The maximum absolute atomic E-state index is 11.6. The fraction of sp³-hybridized carbons (Fsp3) is 0.656. The number of hydrogen-bond acceptors (Lipinski definition) is 33. The zero-order valence-electron chi connectivity index (χ0n) is 77.3. The molecule has 0 aliphatic heterocycles. The van der Waals surface area contributed by atoms with Crippen molar-refractivity contribution < 1.29 is 158 Å². The highest BCUT2D eigenvalue weighted by Crippen LogP contribution is 2.43. The first-order valence-electron chi connectivity index (χ1n) is 44.3. The number of hydrogen-bond donors (Lipinski definition) is 2. The quantitative estimate of drug-likeness (QED) is 0.0247. The van der Waals surface area contributed by atoms with E-state index in [4.69, 9.17) is 94.7 Å². The molecule has 33 heteroatoms. The van der Waals surface area contributed by atoms with E-state index in [-0.39, 0.29) is 169 Å². The van der Waals surface area contributed by atoms with Crippen molar-refractivity contribution in [1.82, 2.24) is 0 Å². The lowest BCUT2D eigenvalue weighted by molar-refractivity contribution is -0.152. The van der Waals surface area contributed by atoms with Crippen molar-refractivity contribution in [2.45, 2.75) is 250 Å². The van der Waals surface area contributed by atoms with Gasteiger partial charge >= 0.3 is 65.7 Å². The number of carbonyl (C=O) groups is 11. The molecule has 0 radical (unpaired) electrons. The summed E-state index contributed by atoms with van der Waals surface area (Å²) < 4.78 is 107. The first-order valence-corrected chi connectivity index (χ1v) is 44.3. The molecule has 8 unspecified atom stereocenters. The van der Waals surface area contributed by atoms with Crippen LogP contribution in [0, 0.1) is 23.7 Å². The fourth-order valence-corrected chi connectivity index (χ4v) is 13.9. The van der Waals surface area contributed by atoms with Gasteiger partial charge < -0.3 is 105 Å². The zero-order chi connectivity index (χ0) is 96.0. The van der Waals surface area contributed by atoms with E-state index >= 15 is 0 Å². The minimum absolute atomic E-state index is 0.00721. The van der Waals surface area contributed by atoms with Gasteiger partial charge in [0, 0.05) is 63.3 Å². The molecule has 0 bridgehead atoms. The zero-order valence-corrected chi connectivity index (χ0v) is 77.3. The van der Waals surface area contributed by atoms with Crippen molar-refractivity contribution in [3.63, 3.8) is 0 Å². The van der Waals surface area contributed by atoms with Crippen molar-refractivity contribution in [1.29, 1.82) is 0 Å². The van der Waals surface area contributed by atoms with Crippen LogP contribution in [0.25, 0.3) is 0 Å². The van der Waals surface area contributed by atoms with Crippen LogP contribution in [-0.4, -0.2) is 275 Å². The van der Waals surface area contributed by atoms with E-state index in [9.17, 15) is 63.0 Å². The van der Waals surface area contributed by atoms with E-state index in [1.54, 1.807) is 48.5 Å². The van der Waals surface area contributed by atoms with Gasteiger partial charge in [-0.1, -0.05) is 85.2 Å².